The van der Waals surface area contributed by atoms with E-state index in [2.05, 4.69) is 10.6 Å². The Kier molecular flexibility index (Phi) is 5.53. The number of carbonyl (C=O) groups excluding carboxylic acids is 1. The molecule has 1 heterocycles. The van der Waals surface area contributed by atoms with E-state index in [0.29, 0.717) is 16.9 Å². The number of halogens is 2. The molecule has 0 saturated heterocycles. The highest BCUT2D eigenvalue weighted by Gasteiger charge is 2.26. The van der Waals surface area contributed by atoms with Gasteiger partial charge < -0.3 is 25.6 Å². The lowest BCUT2D eigenvalue weighted by atomic mass is 9.94. The molecule has 1 atom stereocenters. The van der Waals surface area contributed by atoms with E-state index in [1.807, 2.05) is 13.8 Å². The number of nitrogens with one attached hydrogen (secondary N) is 2. The molecule has 0 aromatic heterocycles. The number of aliphatic hydroxyl groups excluding tert-OH is 1. The molecule has 150 valence electrons. The number of aliphatic hydroxyl groups is 1. The van der Waals surface area contributed by atoms with Crippen LogP contribution in [0.4, 0.5) is 14.5 Å². The smallest absolute Gasteiger partial charge is 0.262 e. The van der Waals surface area contributed by atoms with Crippen LogP contribution in [0, 0.1) is 11.6 Å². The summed E-state index contributed by atoms with van der Waals surface area (Å²) >= 11 is 0. The first kappa shape index (κ1) is 20.0. The van der Waals surface area contributed by atoms with Gasteiger partial charge in [-0.05, 0) is 38.0 Å². The van der Waals surface area contributed by atoms with Gasteiger partial charge in [0, 0.05) is 29.8 Å². The van der Waals surface area contributed by atoms with Gasteiger partial charge in [-0.15, -0.1) is 0 Å². The van der Waals surface area contributed by atoms with Crippen molar-refractivity contribution in [1.29, 1.82) is 0 Å². The molecule has 0 aliphatic carbocycles. The molecule has 2 aromatic rings. The minimum Gasteiger partial charge on any atom is -0.508 e. The summed E-state index contributed by atoms with van der Waals surface area (Å²) in [5.74, 6) is -1.43. The number of anilines is 1. The van der Waals surface area contributed by atoms with E-state index in [1.54, 1.807) is 0 Å². The lowest BCUT2D eigenvalue weighted by Crippen LogP contribution is -2.43. The van der Waals surface area contributed by atoms with E-state index < -0.39 is 23.3 Å². The third-order valence-electron chi connectivity index (χ3n) is 4.50. The van der Waals surface area contributed by atoms with E-state index in [-0.39, 0.29) is 36.9 Å². The van der Waals surface area contributed by atoms with Crippen LogP contribution in [-0.2, 0) is 11.2 Å². The van der Waals surface area contributed by atoms with Gasteiger partial charge in [0.15, 0.2) is 6.61 Å². The topological polar surface area (TPSA) is 90.8 Å². The minimum atomic E-state index is -1.05. The number of phenolic OH excluding ortho intramolecular Hbond substituents is 1. The molecule has 0 fully saturated rings. The summed E-state index contributed by atoms with van der Waals surface area (Å²) in [4.78, 5) is 11.5. The second-order valence-electron chi connectivity index (χ2n) is 7.44. The quantitative estimate of drug-likeness (QED) is 0.607. The maximum absolute atomic E-state index is 13.9. The van der Waals surface area contributed by atoms with Crippen LogP contribution in [0.1, 0.15) is 31.1 Å². The van der Waals surface area contributed by atoms with Crippen LogP contribution in [0.25, 0.3) is 0 Å². The van der Waals surface area contributed by atoms with Crippen LogP contribution in [-0.4, -0.2) is 34.8 Å². The van der Waals surface area contributed by atoms with Gasteiger partial charge in [-0.25, -0.2) is 8.78 Å². The third kappa shape index (κ3) is 4.58. The molecular weight excluding hydrogens is 370 g/mol. The summed E-state index contributed by atoms with van der Waals surface area (Å²) in [7, 11) is 0. The number of hydrogen-bond donors (Lipinski definition) is 4. The van der Waals surface area contributed by atoms with Gasteiger partial charge in [-0.3, -0.25) is 4.79 Å². The normalized spacial score (nSPS) is 14.8. The number of β-amino-alcohol motifs (C(OH)–C–C–N with tert-alkyl or cyclic N) is 1. The number of ether oxygens (including phenoxy) is 1. The molecule has 1 aliphatic rings. The van der Waals surface area contributed by atoms with Crippen LogP contribution in [0.3, 0.4) is 0 Å². The van der Waals surface area contributed by atoms with E-state index >= 15 is 0 Å². The number of benzene rings is 2. The standard InChI is InChI=1S/C20H22F2N2O4/c1-20(2,8-11-3-4-12(21)5-15(11)22)23-9-17(26)14-6-13(25)7-16-19(14)28-10-18(27)24-16/h3-7,17,23,25-26H,8-10H2,1-2H3,(H,24,27). The number of rotatable bonds is 6. The average molecular weight is 392 g/mol. The Labute approximate surface area is 161 Å². The molecule has 0 spiro atoms. The van der Waals surface area contributed by atoms with Crippen LogP contribution >= 0.6 is 0 Å². The van der Waals surface area contributed by atoms with Gasteiger partial charge in [0.2, 0.25) is 0 Å². The molecule has 3 rings (SSSR count). The van der Waals surface area contributed by atoms with Crippen molar-refractivity contribution >= 4 is 11.6 Å². The Morgan fingerprint density at radius 3 is 2.75 bits per heavy atom. The fourth-order valence-corrected chi connectivity index (χ4v) is 3.15. The highest BCUT2D eigenvalue weighted by Crippen LogP contribution is 2.38. The minimum absolute atomic E-state index is 0.0863. The molecule has 6 nitrogen and oxygen atoms in total. The highest BCUT2D eigenvalue weighted by atomic mass is 19.1. The second-order valence-corrected chi connectivity index (χ2v) is 7.44. The highest BCUT2D eigenvalue weighted by molar-refractivity contribution is 5.96. The Morgan fingerprint density at radius 1 is 1.29 bits per heavy atom. The van der Waals surface area contributed by atoms with Crippen molar-refractivity contribution in [2.45, 2.75) is 31.9 Å². The predicted octanol–water partition coefficient (Wildman–Crippen LogP) is 2.65. The van der Waals surface area contributed by atoms with Crippen LogP contribution in [0.15, 0.2) is 30.3 Å². The Bertz CT molecular complexity index is 902. The summed E-state index contributed by atoms with van der Waals surface area (Å²) in [5, 5.41) is 26.2. The van der Waals surface area contributed by atoms with Crippen LogP contribution in [0.2, 0.25) is 0 Å². The first-order chi connectivity index (χ1) is 13.1. The number of phenols is 1. The SMILES string of the molecule is CC(C)(Cc1ccc(F)cc1F)NCC(O)c1cc(O)cc2c1OCC(=O)N2. The van der Waals surface area contributed by atoms with Crippen molar-refractivity contribution < 1.29 is 28.5 Å². The molecule has 8 heteroatoms. The van der Waals surface area contributed by atoms with E-state index in [0.717, 1.165) is 6.07 Å². The monoisotopic (exact) mass is 392 g/mol. The summed E-state index contributed by atoms with van der Waals surface area (Å²) in [6.07, 6.45) is -0.774. The van der Waals surface area contributed by atoms with Crippen molar-refractivity contribution in [3.8, 4) is 11.5 Å². The van der Waals surface area contributed by atoms with Gasteiger partial charge in [0.25, 0.3) is 5.91 Å². The molecule has 1 aliphatic heterocycles. The fourth-order valence-electron chi connectivity index (χ4n) is 3.15. The molecule has 28 heavy (non-hydrogen) atoms. The van der Waals surface area contributed by atoms with E-state index in [1.165, 1.54) is 24.3 Å². The molecule has 1 unspecified atom stereocenters. The number of amides is 1. The zero-order valence-electron chi connectivity index (χ0n) is 15.6. The van der Waals surface area contributed by atoms with Gasteiger partial charge in [-0.1, -0.05) is 6.07 Å². The Balaban J connectivity index is 1.71. The van der Waals surface area contributed by atoms with E-state index in [4.69, 9.17) is 4.74 Å². The van der Waals surface area contributed by atoms with Crippen LogP contribution < -0.4 is 15.4 Å². The number of hydrogen-bond acceptors (Lipinski definition) is 5. The Hall–Kier alpha value is -2.71. The fraction of sp³-hybridized carbons (Fsp3) is 0.350. The second kappa shape index (κ2) is 7.73. The summed E-state index contributed by atoms with van der Waals surface area (Å²) in [6, 6.07) is 6.15. The molecule has 2 aromatic carbocycles. The van der Waals surface area contributed by atoms with Crippen molar-refractivity contribution in [1.82, 2.24) is 5.32 Å². The summed E-state index contributed by atoms with van der Waals surface area (Å²) < 4.78 is 32.4. The summed E-state index contributed by atoms with van der Waals surface area (Å²) in [6.45, 7) is 3.57. The molecule has 0 radical (unpaired) electrons. The third-order valence-corrected chi connectivity index (χ3v) is 4.50. The van der Waals surface area contributed by atoms with Crippen molar-refractivity contribution in [3.63, 3.8) is 0 Å². The maximum Gasteiger partial charge on any atom is 0.262 e. The van der Waals surface area contributed by atoms with Crippen molar-refractivity contribution in [3.05, 3.63) is 53.1 Å². The van der Waals surface area contributed by atoms with Gasteiger partial charge in [-0.2, -0.15) is 0 Å². The molecule has 4 N–H and O–H groups in total. The molecular formula is C20H22F2N2O4. The van der Waals surface area contributed by atoms with Gasteiger partial charge in [0.05, 0.1) is 11.8 Å². The van der Waals surface area contributed by atoms with Crippen LogP contribution in [0.5, 0.6) is 11.5 Å². The van der Waals surface area contributed by atoms with E-state index in [9.17, 15) is 23.8 Å². The summed E-state index contributed by atoms with van der Waals surface area (Å²) in [5.41, 5.74) is 0.365. The average Bonchev–Trinajstić information content (AvgIpc) is 2.61. The predicted molar refractivity (Wildman–Crippen MR) is 99.3 cm³/mol. The zero-order chi connectivity index (χ0) is 20.5. The van der Waals surface area contributed by atoms with Crippen molar-refractivity contribution in [2.24, 2.45) is 0 Å². The lowest BCUT2D eigenvalue weighted by molar-refractivity contribution is -0.118. The maximum atomic E-state index is 13.9. The first-order valence-corrected chi connectivity index (χ1v) is 8.81. The van der Waals surface area contributed by atoms with Gasteiger partial charge >= 0.3 is 0 Å². The molecule has 0 saturated carbocycles. The molecule has 1 amide bonds. The molecule has 0 bridgehead atoms. The zero-order valence-corrected chi connectivity index (χ0v) is 15.6. The van der Waals surface area contributed by atoms with Gasteiger partial charge in [0.1, 0.15) is 23.1 Å². The Morgan fingerprint density at radius 2 is 2.04 bits per heavy atom. The number of carbonyl (C=O) groups is 1. The largest absolute Gasteiger partial charge is 0.508 e. The first-order valence-electron chi connectivity index (χ1n) is 8.81. The lowest BCUT2D eigenvalue weighted by Gasteiger charge is -2.29. The number of fused-ring (bicyclic) bond motifs is 1. The van der Waals surface area contributed by atoms with Crippen molar-refractivity contribution in [2.75, 3.05) is 18.5 Å². The number of aromatic hydroxyl groups is 1.